The molecule has 0 aromatic rings. The van der Waals surface area contributed by atoms with Gasteiger partial charge in [-0.1, -0.05) is 13.8 Å². The minimum absolute atomic E-state index is 0.141. The summed E-state index contributed by atoms with van der Waals surface area (Å²) in [5.41, 5.74) is 0. The van der Waals surface area contributed by atoms with Gasteiger partial charge in [-0.05, 0) is 19.3 Å². The molecule has 128 valence electrons. The predicted molar refractivity (Wildman–Crippen MR) is 80.2 cm³/mol. The van der Waals surface area contributed by atoms with E-state index in [0.717, 1.165) is 19.3 Å². The van der Waals surface area contributed by atoms with Gasteiger partial charge in [0, 0.05) is 32.3 Å². The average molecular weight is 316 g/mol. The molecule has 0 saturated carbocycles. The van der Waals surface area contributed by atoms with Gasteiger partial charge in [0.05, 0.1) is 19.3 Å². The molecule has 1 saturated heterocycles. The molecule has 1 atom stereocenters. The van der Waals surface area contributed by atoms with Crippen LogP contribution in [0.15, 0.2) is 0 Å². The smallest absolute Gasteiger partial charge is 0.305 e. The Labute approximate surface area is 132 Å². The summed E-state index contributed by atoms with van der Waals surface area (Å²) in [7, 11) is 0. The summed E-state index contributed by atoms with van der Waals surface area (Å²) >= 11 is 0. The Morgan fingerprint density at radius 3 is 2.09 bits per heavy atom. The number of hydrogen-bond donors (Lipinski definition) is 0. The van der Waals surface area contributed by atoms with Gasteiger partial charge >= 0.3 is 11.9 Å². The molecule has 6 heteroatoms. The molecule has 0 aromatic carbocycles. The maximum absolute atomic E-state index is 11.2. The molecule has 1 unspecified atom stereocenters. The van der Waals surface area contributed by atoms with Crippen molar-refractivity contribution in [3.63, 3.8) is 0 Å². The third-order valence-corrected chi connectivity index (χ3v) is 3.47. The van der Waals surface area contributed by atoms with Crippen LogP contribution < -0.4 is 0 Å². The first-order valence-electron chi connectivity index (χ1n) is 8.24. The Morgan fingerprint density at radius 2 is 1.64 bits per heavy atom. The molecule has 0 bridgehead atoms. The van der Waals surface area contributed by atoms with Crippen molar-refractivity contribution in [2.24, 2.45) is 0 Å². The van der Waals surface area contributed by atoms with Gasteiger partial charge in [0.1, 0.15) is 0 Å². The Kier molecular flexibility index (Phi) is 9.82. The minimum Gasteiger partial charge on any atom is -0.466 e. The highest BCUT2D eigenvalue weighted by Gasteiger charge is 2.20. The van der Waals surface area contributed by atoms with E-state index in [9.17, 15) is 9.59 Å². The van der Waals surface area contributed by atoms with Gasteiger partial charge in [0.2, 0.25) is 0 Å². The lowest BCUT2D eigenvalue weighted by Gasteiger charge is -2.27. The Morgan fingerprint density at radius 1 is 1.05 bits per heavy atom. The first-order chi connectivity index (χ1) is 10.7. The fourth-order valence-electron chi connectivity index (χ4n) is 2.13. The number of carbonyl (C=O) groups is 2. The second-order valence-electron chi connectivity index (χ2n) is 5.28. The molecule has 0 N–H and O–H groups in total. The second-order valence-corrected chi connectivity index (χ2v) is 5.28. The topological polar surface area (TPSA) is 71.1 Å². The van der Waals surface area contributed by atoms with Crippen molar-refractivity contribution in [3.8, 4) is 0 Å². The van der Waals surface area contributed by atoms with Crippen LogP contribution in [0.2, 0.25) is 0 Å². The molecule has 0 spiro atoms. The van der Waals surface area contributed by atoms with E-state index in [0.29, 0.717) is 45.5 Å². The molecule has 1 fully saturated rings. The highest BCUT2D eigenvalue weighted by Crippen LogP contribution is 2.18. The van der Waals surface area contributed by atoms with Gasteiger partial charge in [0.15, 0.2) is 6.29 Å². The molecule has 1 rings (SSSR count). The van der Waals surface area contributed by atoms with Crippen LogP contribution in [0.25, 0.3) is 0 Å². The van der Waals surface area contributed by atoms with E-state index in [2.05, 4.69) is 0 Å². The van der Waals surface area contributed by atoms with E-state index >= 15 is 0 Å². The molecule has 6 nitrogen and oxygen atoms in total. The third-order valence-electron chi connectivity index (χ3n) is 3.47. The van der Waals surface area contributed by atoms with Crippen LogP contribution in [0, 0.1) is 0 Å². The van der Waals surface area contributed by atoms with Crippen LogP contribution in [-0.4, -0.2) is 44.2 Å². The summed E-state index contributed by atoms with van der Waals surface area (Å²) < 4.78 is 21.7. The van der Waals surface area contributed by atoms with Gasteiger partial charge in [-0.2, -0.15) is 0 Å². The normalized spacial score (nSPS) is 18.2. The van der Waals surface area contributed by atoms with E-state index in [1.165, 1.54) is 0 Å². The van der Waals surface area contributed by atoms with Crippen molar-refractivity contribution >= 4 is 11.9 Å². The number of esters is 2. The highest BCUT2D eigenvalue weighted by molar-refractivity contribution is 5.69. The molecule has 0 amide bonds. The van der Waals surface area contributed by atoms with Crippen molar-refractivity contribution in [3.05, 3.63) is 0 Å². The third kappa shape index (κ3) is 8.34. The predicted octanol–water partition coefficient (Wildman–Crippen LogP) is 2.58. The minimum atomic E-state index is -0.218. The van der Waals surface area contributed by atoms with Gasteiger partial charge < -0.3 is 18.9 Å². The van der Waals surface area contributed by atoms with Crippen LogP contribution in [-0.2, 0) is 28.5 Å². The van der Waals surface area contributed by atoms with E-state index in [4.69, 9.17) is 18.9 Å². The van der Waals surface area contributed by atoms with Crippen molar-refractivity contribution in [2.75, 3.05) is 19.8 Å². The maximum atomic E-state index is 11.2. The average Bonchev–Trinajstić information content (AvgIpc) is 2.55. The Bertz CT molecular complexity index is 303. The number of carbonyl (C=O) groups excluding carboxylic acids is 2. The van der Waals surface area contributed by atoms with Gasteiger partial charge in [-0.15, -0.1) is 0 Å². The van der Waals surface area contributed by atoms with E-state index in [1.54, 1.807) is 13.8 Å². The zero-order valence-corrected chi connectivity index (χ0v) is 13.7. The highest BCUT2D eigenvalue weighted by atomic mass is 16.7. The van der Waals surface area contributed by atoms with Crippen molar-refractivity contribution in [1.82, 2.24) is 0 Å². The molecule has 0 aromatic heterocycles. The van der Waals surface area contributed by atoms with Crippen molar-refractivity contribution in [1.29, 1.82) is 0 Å². The monoisotopic (exact) mass is 316 g/mol. The lowest BCUT2D eigenvalue weighted by atomic mass is 10.1. The SMILES string of the molecule is CCC(=O)OCCC(CCOC(=O)CC)OC1CCCCO1. The fraction of sp³-hybridized carbons (Fsp3) is 0.875. The summed E-state index contributed by atoms with van der Waals surface area (Å²) in [6, 6.07) is 0. The van der Waals surface area contributed by atoms with E-state index in [1.807, 2.05) is 0 Å². The number of rotatable bonds is 10. The lowest BCUT2D eigenvalue weighted by molar-refractivity contribution is -0.194. The molecular weight excluding hydrogens is 288 g/mol. The quantitative estimate of drug-likeness (QED) is 0.577. The fourth-order valence-corrected chi connectivity index (χ4v) is 2.13. The number of ether oxygens (including phenoxy) is 4. The molecule has 0 radical (unpaired) electrons. The molecule has 1 aliphatic heterocycles. The van der Waals surface area contributed by atoms with Gasteiger partial charge in [0.25, 0.3) is 0 Å². The van der Waals surface area contributed by atoms with Gasteiger partial charge in [-0.3, -0.25) is 9.59 Å². The van der Waals surface area contributed by atoms with Crippen LogP contribution in [0.3, 0.4) is 0 Å². The summed E-state index contributed by atoms with van der Waals surface area (Å²) in [5, 5.41) is 0. The van der Waals surface area contributed by atoms with Gasteiger partial charge in [-0.25, -0.2) is 0 Å². The summed E-state index contributed by atoms with van der Waals surface area (Å²) in [5.74, 6) is -0.435. The Balaban J connectivity index is 2.33. The van der Waals surface area contributed by atoms with Crippen molar-refractivity contribution in [2.45, 2.75) is 71.2 Å². The largest absolute Gasteiger partial charge is 0.466 e. The molecular formula is C16H28O6. The zero-order valence-electron chi connectivity index (χ0n) is 13.7. The van der Waals surface area contributed by atoms with Crippen LogP contribution >= 0.6 is 0 Å². The van der Waals surface area contributed by atoms with Crippen LogP contribution in [0.4, 0.5) is 0 Å². The standard InChI is InChI=1S/C16H28O6/c1-3-14(17)19-11-8-13(9-12-20-15(18)4-2)22-16-7-5-6-10-21-16/h13,16H,3-12H2,1-2H3. The molecule has 1 heterocycles. The molecule has 0 aliphatic carbocycles. The molecule has 1 aliphatic rings. The van der Waals surface area contributed by atoms with Crippen molar-refractivity contribution < 1.29 is 28.5 Å². The lowest BCUT2D eigenvalue weighted by Crippen LogP contribution is -2.30. The zero-order chi connectivity index (χ0) is 16.2. The summed E-state index contributed by atoms with van der Waals surface area (Å²) in [4.78, 5) is 22.3. The maximum Gasteiger partial charge on any atom is 0.305 e. The van der Waals surface area contributed by atoms with E-state index in [-0.39, 0.29) is 24.3 Å². The summed E-state index contributed by atoms with van der Waals surface area (Å²) in [6.07, 6.45) is 4.57. The Hall–Kier alpha value is -1.14. The van der Waals surface area contributed by atoms with E-state index < -0.39 is 0 Å². The first kappa shape index (κ1) is 18.9. The summed E-state index contributed by atoms with van der Waals surface area (Å²) in [6.45, 7) is 4.86. The first-order valence-corrected chi connectivity index (χ1v) is 8.24. The molecule has 22 heavy (non-hydrogen) atoms. The number of hydrogen-bond acceptors (Lipinski definition) is 6. The van der Waals surface area contributed by atoms with Crippen LogP contribution in [0.1, 0.15) is 58.8 Å². The van der Waals surface area contributed by atoms with Crippen LogP contribution in [0.5, 0.6) is 0 Å². The second kappa shape index (κ2) is 11.4.